The molecule has 0 atom stereocenters. The minimum Gasteiger partial charge on any atom is -0.399 e. The van der Waals surface area contributed by atoms with E-state index in [0.717, 1.165) is 5.69 Å². The number of nitrogen functional groups attached to an aromatic ring is 1. The van der Waals surface area contributed by atoms with Gasteiger partial charge < -0.3 is 11.1 Å². The van der Waals surface area contributed by atoms with E-state index in [9.17, 15) is 9.18 Å². The third kappa shape index (κ3) is 4.54. The number of benzene rings is 1. The van der Waals surface area contributed by atoms with Crippen molar-refractivity contribution in [2.75, 3.05) is 24.6 Å². The number of likely N-dealkylation sites (N-methyl/N-ethyl adjacent to an activating group) is 1. The van der Waals surface area contributed by atoms with E-state index < -0.39 is 5.82 Å². The topological polar surface area (TPSA) is 71.2 Å². The second-order valence-corrected chi connectivity index (χ2v) is 4.78. The van der Waals surface area contributed by atoms with Crippen LogP contribution in [0.4, 0.5) is 15.8 Å². The quantitative estimate of drug-likeness (QED) is 0.824. The molecule has 1 aromatic carbocycles. The molecule has 0 aliphatic heterocycles. The fourth-order valence-electron chi connectivity index (χ4n) is 1.90. The molecular formula is C15H17FN4O. The molecule has 1 heterocycles. The SMILES string of the molecule is CN(CC(=O)Nc1cc(N)ccc1F)Cc1ccccn1. The molecule has 0 radical (unpaired) electrons. The van der Waals surface area contributed by atoms with Crippen LogP contribution in [0.15, 0.2) is 42.6 Å². The van der Waals surface area contributed by atoms with Gasteiger partial charge in [-0.25, -0.2) is 4.39 Å². The first-order chi connectivity index (χ1) is 10.0. The van der Waals surface area contributed by atoms with Crippen LogP contribution in [0.3, 0.4) is 0 Å². The van der Waals surface area contributed by atoms with Gasteiger partial charge in [0.1, 0.15) is 5.82 Å². The molecule has 0 fully saturated rings. The van der Waals surface area contributed by atoms with Gasteiger partial charge in [0.25, 0.3) is 0 Å². The van der Waals surface area contributed by atoms with Crippen LogP contribution in [0.25, 0.3) is 0 Å². The summed E-state index contributed by atoms with van der Waals surface area (Å²) in [6.45, 7) is 0.665. The Morgan fingerprint density at radius 2 is 2.19 bits per heavy atom. The number of hydrogen-bond donors (Lipinski definition) is 2. The maximum atomic E-state index is 13.5. The molecule has 0 bridgehead atoms. The smallest absolute Gasteiger partial charge is 0.238 e. The Labute approximate surface area is 122 Å². The number of nitrogens with two attached hydrogens (primary N) is 1. The van der Waals surface area contributed by atoms with Crippen molar-refractivity contribution < 1.29 is 9.18 Å². The fraction of sp³-hybridized carbons (Fsp3) is 0.200. The van der Waals surface area contributed by atoms with Crippen LogP contribution < -0.4 is 11.1 Å². The van der Waals surface area contributed by atoms with Gasteiger partial charge in [0.2, 0.25) is 5.91 Å². The number of anilines is 2. The summed E-state index contributed by atoms with van der Waals surface area (Å²) in [6.07, 6.45) is 1.70. The van der Waals surface area contributed by atoms with Crippen molar-refractivity contribution in [3.8, 4) is 0 Å². The predicted octanol–water partition coefficient (Wildman–Crippen LogP) is 1.87. The molecule has 2 rings (SSSR count). The lowest BCUT2D eigenvalue weighted by atomic mass is 10.2. The van der Waals surface area contributed by atoms with Crippen LogP contribution in [-0.2, 0) is 11.3 Å². The van der Waals surface area contributed by atoms with Crippen molar-refractivity contribution in [2.45, 2.75) is 6.54 Å². The molecule has 110 valence electrons. The van der Waals surface area contributed by atoms with Crippen LogP contribution in [0.1, 0.15) is 5.69 Å². The van der Waals surface area contributed by atoms with Crippen molar-refractivity contribution in [3.63, 3.8) is 0 Å². The standard InChI is InChI=1S/C15H17FN4O/c1-20(9-12-4-2-3-7-18-12)10-15(21)19-14-8-11(17)5-6-13(14)16/h2-8H,9-10,17H2,1H3,(H,19,21). The molecule has 2 aromatic rings. The average molecular weight is 288 g/mol. The fourth-order valence-corrected chi connectivity index (χ4v) is 1.90. The Morgan fingerprint density at radius 1 is 1.38 bits per heavy atom. The van der Waals surface area contributed by atoms with Gasteiger partial charge in [0, 0.05) is 18.4 Å². The monoisotopic (exact) mass is 288 g/mol. The molecular weight excluding hydrogens is 271 g/mol. The molecule has 0 saturated carbocycles. The number of amides is 1. The van der Waals surface area contributed by atoms with Gasteiger partial charge in [0.05, 0.1) is 17.9 Å². The van der Waals surface area contributed by atoms with E-state index >= 15 is 0 Å². The normalized spacial score (nSPS) is 10.6. The minimum atomic E-state index is -0.509. The van der Waals surface area contributed by atoms with E-state index in [-0.39, 0.29) is 18.1 Å². The predicted molar refractivity (Wildman–Crippen MR) is 80.0 cm³/mol. The van der Waals surface area contributed by atoms with Gasteiger partial charge in [-0.2, -0.15) is 0 Å². The van der Waals surface area contributed by atoms with Gasteiger partial charge in [-0.1, -0.05) is 6.07 Å². The lowest BCUT2D eigenvalue weighted by molar-refractivity contribution is -0.117. The van der Waals surface area contributed by atoms with E-state index in [2.05, 4.69) is 10.3 Å². The van der Waals surface area contributed by atoms with Crippen LogP contribution in [0.5, 0.6) is 0 Å². The number of carbonyl (C=O) groups is 1. The first-order valence-electron chi connectivity index (χ1n) is 6.48. The maximum absolute atomic E-state index is 13.5. The molecule has 0 saturated heterocycles. The minimum absolute atomic E-state index is 0.0891. The molecule has 5 nitrogen and oxygen atoms in total. The Bertz CT molecular complexity index is 618. The molecule has 0 aliphatic rings. The molecule has 0 spiro atoms. The number of carbonyl (C=O) groups excluding carboxylic acids is 1. The third-order valence-corrected chi connectivity index (χ3v) is 2.84. The first-order valence-corrected chi connectivity index (χ1v) is 6.48. The van der Waals surface area contributed by atoms with E-state index in [4.69, 9.17) is 5.73 Å². The molecule has 0 aliphatic carbocycles. The molecule has 21 heavy (non-hydrogen) atoms. The highest BCUT2D eigenvalue weighted by atomic mass is 19.1. The highest BCUT2D eigenvalue weighted by molar-refractivity contribution is 5.92. The Balaban J connectivity index is 1.91. The zero-order chi connectivity index (χ0) is 15.2. The molecule has 6 heteroatoms. The van der Waals surface area contributed by atoms with Gasteiger partial charge >= 0.3 is 0 Å². The van der Waals surface area contributed by atoms with Gasteiger partial charge in [-0.05, 0) is 37.4 Å². The summed E-state index contributed by atoms with van der Waals surface area (Å²) in [4.78, 5) is 17.9. The second-order valence-electron chi connectivity index (χ2n) is 4.78. The summed E-state index contributed by atoms with van der Waals surface area (Å²) in [5.74, 6) is -0.817. The van der Waals surface area contributed by atoms with Crippen molar-refractivity contribution in [3.05, 3.63) is 54.1 Å². The van der Waals surface area contributed by atoms with Crippen molar-refractivity contribution >= 4 is 17.3 Å². The van der Waals surface area contributed by atoms with Crippen LogP contribution in [0.2, 0.25) is 0 Å². The maximum Gasteiger partial charge on any atom is 0.238 e. The van der Waals surface area contributed by atoms with E-state index in [1.54, 1.807) is 18.1 Å². The Hall–Kier alpha value is -2.47. The second kappa shape index (κ2) is 6.81. The lowest BCUT2D eigenvalue weighted by Crippen LogP contribution is -2.30. The molecule has 1 aromatic heterocycles. The zero-order valence-electron chi connectivity index (χ0n) is 11.7. The van der Waals surface area contributed by atoms with Crippen LogP contribution in [0, 0.1) is 5.82 Å². The Kier molecular flexibility index (Phi) is 4.84. The van der Waals surface area contributed by atoms with Gasteiger partial charge in [0.15, 0.2) is 0 Å². The first kappa shape index (κ1) is 14.9. The van der Waals surface area contributed by atoms with Gasteiger partial charge in [-0.3, -0.25) is 14.7 Å². The largest absolute Gasteiger partial charge is 0.399 e. The molecule has 0 unspecified atom stereocenters. The number of pyridine rings is 1. The summed E-state index contributed by atoms with van der Waals surface area (Å²) >= 11 is 0. The number of nitrogens with one attached hydrogen (secondary N) is 1. The Morgan fingerprint density at radius 3 is 2.90 bits per heavy atom. The summed E-state index contributed by atoms with van der Waals surface area (Å²) in [7, 11) is 1.80. The number of hydrogen-bond acceptors (Lipinski definition) is 4. The van der Waals surface area contributed by atoms with Crippen LogP contribution >= 0.6 is 0 Å². The number of nitrogens with zero attached hydrogens (tertiary/aromatic N) is 2. The molecule has 3 N–H and O–H groups in total. The average Bonchev–Trinajstić information content (AvgIpc) is 2.43. The number of rotatable bonds is 5. The summed E-state index contributed by atoms with van der Waals surface area (Å²) < 4.78 is 13.5. The van der Waals surface area contributed by atoms with Crippen LogP contribution in [-0.4, -0.2) is 29.4 Å². The van der Waals surface area contributed by atoms with E-state index in [1.807, 2.05) is 18.2 Å². The van der Waals surface area contributed by atoms with E-state index in [1.165, 1.54) is 18.2 Å². The summed E-state index contributed by atoms with van der Waals surface area (Å²) in [5, 5.41) is 2.51. The third-order valence-electron chi connectivity index (χ3n) is 2.84. The highest BCUT2D eigenvalue weighted by Gasteiger charge is 2.10. The molecule has 1 amide bonds. The zero-order valence-corrected chi connectivity index (χ0v) is 11.7. The van der Waals surface area contributed by atoms with Crippen molar-refractivity contribution in [2.24, 2.45) is 0 Å². The highest BCUT2D eigenvalue weighted by Crippen LogP contribution is 2.17. The number of aromatic nitrogens is 1. The lowest BCUT2D eigenvalue weighted by Gasteiger charge is -2.16. The summed E-state index contributed by atoms with van der Waals surface area (Å²) in [5.41, 5.74) is 6.92. The van der Waals surface area contributed by atoms with Crippen molar-refractivity contribution in [1.82, 2.24) is 9.88 Å². The van der Waals surface area contributed by atoms with E-state index in [0.29, 0.717) is 12.2 Å². The number of halogens is 1. The van der Waals surface area contributed by atoms with Gasteiger partial charge in [-0.15, -0.1) is 0 Å². The summed E-state index contributed by atoms with van der Waals surface area (Å²) in [6, 6.07) is 9.66. The van der Waals surface area contributed by atoms with Crippen molar-refractivity contribution in [1.29, 1.82) is 0 Å².